The van der Waals surface area contributed by atoms with E-state index in [1.807, 2.05) is 10.8 Å². The van der Waals surface area contributed by atoms with Crippen molar-refractivity contribution < 1.29 is 9.47 Å². The highest BCUT2D eigenvalue weighted by atomic mass is 32.1. The van der Waals surface area contributed by atoms with E-state index in [2.05, 4.69) is 20.8 Å². The SMILES string of the molecule is CC(C)(C)c1cn(CC2OCCO2)c(=N)s1. The van der Waals surface area contributed by atoms with Crippen LogP contribution in [0.1, 0.15) is 25.6 Å². The van der Waals surface area contributed by atoms with Gasteiger partial charge in [0.2, 0.25) is 0 Å². The van der Waals surface area contributed by atoms with Crippen LogP contribution >= 0.6 is 11.3 Å². The first-order valence-electron chi connectivity index (χ1n) is 5.45. The molecular formula is C11H18N2O2S. The standard InChI is InChI=1S/C11H18N2O2S/c1-11(2,3)8-6-13(10(12)16-8)7-9-14-4-5-15-9/h6,9,12H,4-5,7H2,1-3H3. The summed E-state index contributed by atoms with van der Waals surface area (Å²) in [5.41, 5.74) is 0.100. The molecule has 1 aromatic rings. The minimum absolute atomic E-state index is 0.100. The van der Waals surface area contributed by atoms with Gasteiger partial charge in [-0.15, -0.1) is 11.3 Å². The van der Waals surface area contributed by atoms with E-state index in [1.165, 1.54) is 16.2 Å². The molecule has 1 N–H and O–H groups in total. The molecule has 0 unspecified atom stereocenters. The molecule has 90 valence electrons. The van der Waals surface area contributed by atoms with Crippen LogP contribution in [-0.4, -0.2) is 24.1 Å². The van der Waals surface area contributed by atoms with Gasteiger partial charge in [-0.2, -0.15) is 0 Å². The summed E-state index contributed by atoms with van der Waals surface area (Å²) >= 11 is 1.52. The maximum atomic E-state index is 7.91. The second kappa shape index (κ2) is 4.31. The highest BCUT2D eigenvalue weighted by Gasteiger charge is 2.20. The zero-order chi connectivity index (χ0) is 11.8. The second-order valence-corrected chi connectivity index (χ2v) is 6.00. The van der Waals surface area contributed by atoms with E-state index in [4.69, 9.17) is 14.9 Å². The van der Waals surface area contributed by atoms with Gasteiger partial charge >= 0.3 is 0 Å². The summed E-state index contributed by atoms with van der Waals surface area (Å²) < 4.78 is 12.7. The summed E-state index contributed by atoms with van der Waals surface area (Å²) in [7, 11) is 0. The molecule has 0 bridgehead atoms. The summed E-state index contributed by atoms with van der Waals surface area (Å²) in [6.07, 6.45) is 1.86. The van der Waals surface area contributed by atoms with E-state index in [-0.39, 0.29) is 11.7 Å². The maximum Gasteiger partial charge on any atom is 0.182 e. The molecular weight excluding hydrogens is 224 g/mol. The molecule has 2 heterocycles. The summed E-state index contributed by atoms with van der Waals surface area (Å²) in [4.78, 5) is 1.78. The van der Waals surface area contributed by atoms with Crippen LogP contribution in [0.5, 0.6) is 0 Å². The zero-order valence-electron chi connectivity index (χ0n) is 9.95. The third kappa shape index (κ3) is 2.53. The quantitative estimate of drug-likeness (QED) is 0.858. The van der Waals surface area contributed by atoms with Gasteiger partial charge in [-0.05, 0) is 5.41 Å². The van der Waals surface area contributed by atoms with Gasteiger partial charge in [0, 0.05) is 11.1 Å². The summed E-state index contributed by atoms with van der Waals surface area (Å²) in [5.74, 6) is 0. The Morgan fingerprint density at radius 1 is 1.44 bits per heavy atom. The first kappa shape index (κ1) is 11.8. The molecule has 2 rings (SSSR count). The second-order valence-electron chi connectivity index (χ2n) is 4.97. The van der Waals surface area contributed by atoms with Crippen molar-refractivity contribution in [3.8, 4) is 0 Å². The number of thiazole rings is 1. The molecule has 0 radical (unpaired) electrons. The van der Waals surface area contributed by atoms with E-state index < -0.39 is 0 Å². The third-order valence-electron chi connectivity index (χ3n) is 2.52. The maximum absolute atomic E-state index is 7.91. The van der Waals surface area contributed by atoms with Gasteiger partial charge in [0.25, 0.3) is 0 Å². The molecule has 0 amide bonds. The smallest absolute Gasteiger partial charge is 0.182 e. The molecule has 0 aliphatic carbocycles. The first-order chi connectivity index (χ1) is 7.47. The Hall–Kier alpha value is -0.650. The van der Waals surface area contributed by atoms with Gasteiger partial charge in [0.05, 0.1) is 19.8 Å². The van der Waals surface area contributed by atoms with E-state index in [1.54, 1.807) is 0 Å². The van der Waals surface area contributed by atoms with Crippen LogP contribution in [0.2, 0.25) is 0 Å². The Morgan fingerprint density at radius 2 is 2.06 bits per heavy atom. The fourth-order valence-corrected chi connectivity index (χ4v) is 2.48. The molecule has 4 nitrogen and oxygen atoms in total. The van der Waals surface area contributed by atoms with Crippen LogP contribution in [0, 0.1) is 5.41 Å². The van der Waals surface area contributed by atoms with E-state index in [0.717, 1.165) is 0 Å². The molecule has 0 saturated carbocycles. The van der Waals surface area contributed by atoms with Gasteiger partial charge in [0.15, 0.2) is 11.1 Å². The van der Waals surface area contributed by atoms with E-state index >= 15 is 0 Å². The van der Waals surface area contributed by atoms with Crippen molar-refractivity contribution in [1.82, 2.24) is 4.57 Å². The van der Waals surface area contributed by atoms with Crippen LogP contribution in [0.3, 0.4) is 0 Å². The van der Waals surface area contributed by atoms with Crippen molar-refractivity contribution in [2.75, 3.05) is 13.2 Å². The fraction of sp³-hybridized carbons (Fsp3) is 0.727. The molecule has 1 aliphatic heterocycles. The van der Waals surface area contributed by atoms with E-state index in [0.29, 0.717) is 24.6 Å². The van der Waals surface area contributed by atoms with Gasteiger partial charge in [-0.1, -0.05) is 20.8 Å². The normalized spacial score (nSPS) is 18.2. The Bertz CT molecular complexity index is 410. The van der Waals surface area contributed by atoms with Gasteiger partial charge in [0.1, 0.15) is 0 Å². The molecule has 5 heteroatoms. The lowest BCUT2D eigenvalue weighted by molar-refractivity contribution is -0.0530. The molecule has 1 aliphatic rings. The predicted octanol–water partition coefficient (Wildman–Crippen LogP) is 1.70. The molecule has 1 aromatic heterocycles. The highest BCUT2D eigenvalue weighted by molar-refractivity contribution is 7.09. The lowest BCUT2D eigenvalue weighted by Gasteiger charge is -2.15. The minimum Gasteiger partial charge on any atom is -0.348 e. The average Bonchev–Trinajstić information content (AvgIpc) is 2.76. The number of aromatic nitrogens is 1. The Balaban J connectivity index is 2.15. The van der Waals surface area contributed by atoms with Crippen molar-refractivity contribution in [1.29, 1.82) is 5.41 Å². The third-order valence-corrected chi connectivity index (χ3v) is 3.88. The van der Waals surface area contributed by atoms with Crippen LogP contribution in [-0.2, 0) is 21.4 Å². The minimum atomic E-state index is -0.184. The van der Waals surface area contributed by atoms with Crippen LogP contribution in [0.4, 0.5) is 0 Å². The topological polar surface area (TPSA) is 47.2 Å². The fourth-order valence-electron chi connectivity index (χ4n) is 1.54. The zero-order valence-corrected chi connectivity index (χ0v) is 10.8. The monoisotopic (exact) mass is 242 g/mol. The van der Waals surface area contributed by atoms with Crippen molar-refractivity contribution >= 4 is 11.3 Å². The van der Waals surface area contributed by atoms with Gasteiger partial charge in [-0.25, -0.2) is 0 Å². The lowest BCUT2D eigenvalue weighted by Crippen LogP contribution is -2.22. The number of hydrogen-bond donors (Lipinski definition) is 1. The summed E-state index contributed by atoms with van der Waals surface area (Å²) in [6.45, 7) is 8.41. The number of ether oxygens (including phenoxy) is 2. The Kier molecular flexibility index (Phi) is 3.19. The number of nitrogens with one attached hydrogen (secondary N) is 1. The highest BCUT2D eigenvalue weighted by Crippen LogP contribution is 2.24. The predicted molar refractivity (Wildman–Crippen MR) is 62.6 cm³/mol. The average molecular weight is 242 g/mol. The lowest BCUT2D eigenvalue weighted by atomic mass is 9.95. The molecule has 1 saturated heterocycles. The number of rotatable bonds is 2. The summed E-state index contributed by atoms with van der Waals surface area (Å²) in [6, 6.07) is 0. The van der Waals surface area contributed by atoms with Crippen molar-refractivity contribution in [3.63, 3.8) is 0 Å². The van der Waals surface area contributed by atoms with Gasteiger partial charge < -0.3 is 14.0 Å². The Morgan fingerprint density at radius 3 is 2.56 bits per heavy atom. The van der Waals surface area contributed by atoms with Crippen molar-refractivity contribution in [2.24, 2.45) is 0 Å². The molecule has 0 spiro atoms. The largest absolute Gasteiger partial charge is 0.348 e. The van der Waals surface area contributed by atoms with E-state index in [9.17, 15) is 0 Å². The van der Waals surface area contributed by atoms with Crippen molar-refractivity contribution in [2.45, 2.75) is 39.0 Å². The molecule has 0 aromatic carbocycles. The molecule has 0 atom stereocenters. The molecule has 1 fully saturated rings. The van der Waals surface area contributed by atoms with Crippen LogP contribution in [0.25, 0.3) is 0 Å². The molecule has 16 heavy (non-hydrogen) atoms. The van der Waals surface area contributed by atoms with Crippen LogP contribution < -0.4 is 4.80 Å². The first-order valence-corrected chi connectivity index (χ1v) is 6.27. The van der Waals surface area contributed by atoms with Crippen LogP contribution in [0.15, 0.2) is 6.20 Å². The van der Waals surface area contributed by atoms with Crippen molar-refractivity contribution in [3.05, 3.63) is 15.9 Å². The Labute approximate surface area is 99.3 Å². The number of hydrogen-bond acceptors (Lipinski definition) is 4. The van der Waals surface area contributed by atoms with Gasteiger partial charge in [-0.3, -0.25) is 5.41 Å². The summed E-state index contributed by atoms with van der Waals surface area (Å²) in [5, 5.41) is 7.91. The number of nitrogens with zero attached hydrogens (tertiary/aromatic N) is 1.